The van der Waals surface area contributed by atoms with Crippen molar-refractivity contribution in [3.63, 3.8) is 0 Å². The highest BCUT2D eigenvalue weighted by Crippen LogP contribution is 2.30. The van der Waals surface area contributed by atoms with Gasteiger partial charge in [0.05, 0.1) is 36.6 Å². The van der Waals surface area contributed by atoms with Gasteiger partial charge in [0.15, 0.2) is 5.78 Å². The maximum absolute atomic E-state index is 14.2. The Bertz CT molecular complexity index is 1550. The number of likely N-dealkylation sites (tertiary alicyclic amines) is 1. The minimum absolute atomic E-state index is 0.0578. The molecule has 1 aromatic heterocycles. The van der Waals surface area contributed by atoms with Crippen LogP contribution in [0.15, 0.2) is 36.4 Å². The van der Waals surface area contributed by atoms with E-state index < -0.39 is 42.6 Å². The highest BCUT2D eigenvalue weighted by atomic mass is 35.5. The Balaban J connectivity index is 1.31. The molecule has 216 valence electrons. The van der Waals surface area contributed by atoms with E-state index in [0.717, 1.165) is 17.7 Å². The third kappa shape index (κ3) is 6.22. The number of ketones is 1. The summed E-state index contributed by atoms with van der Waals surface area (Å²) in [4.78, 5) is 53.6. The van der Waals surface area contributed by atoms with Crippen molar-refractivity contribution in [2.75, 3.05) is 19.6 Å². The number of benzene rings is 2. The standard InChI is InChI=1S/C28H27ClF3N5O4/c1-16(38)27-25-17(10-23(40)35-14-28(31,32)15-35)4-3-7-21(25)37(34-27)13-24(41)36(19-8-9-19)12-22(39)33-11-18-5-2-6-20(29)26(18)30/h2-7,19H,8-15H2,1H3,(H,33,39). The molecule has 0 bridgehead atoms. The summed E-state index contributed by atoms with van der Waals surface area (Å²) < 4.78 is 42.0. The van der Waals surface area contributed by atoms with Crippen LogP contribution in [0.5, 0.6) is 0 Å². The molecule has 41 heavy (non-hydrogen) atoms. The lowest BCUT2D eigenvalue weighted by Crippen LogP contribution is -2.58. The minimum atomic E-state index is -2.90. The number of aromatic nitrogens is 2. The molecule has 1 saturated heterocycles. The van der Waals surface area contributed by atoms with Crippen LogP contribution in [-0.2, 0) is 33.9 Å². The first kappa shape index (κ1) is 28.6. The molecule has 1 N–H and O–H groups in total. The SMILES string of the molecule is CC(=O)c1nn(CC(=O)N(CC(=O)NCc2cccc(Cl)c2F)C2CC2)c2cccc(CC(=O)N3CC(F)(F)C3)c12. The van der Waals surface area contributed by atoms with E-state index in [9.17, 15) is 32.3 Å². The van der Waals surface area contributed by atoms with Gasteiger partial charge in [-0.15, -0.1) is 0 Å². The second-order valence-corrected chi connectivity index (χ2v) is 10.8. The van der Waals surface area contributed by atoms with Crippen molar-refractivity contribution in [1.82, 2.24) is 24.9 Å². The van der Waals surface area contributed by atoms with Gasteiger partial charge in [0.1, 0.15) is 18.1 Å². The fraction of sp³-hybridized carbons (Fsp3) is 0.393. The first-order chi connectivity index (χ1) is 19.4. The van der Waals surface area contributed by atoms with Crippen LogP contribution in [0.2, 0.25) is 5.02 Å². The third-order valence-corrected chi connectivity index (χ3v) is 7.44. The van der Waals surface area contributed by atoms with E-state index in [1.165, 1.54) is 28.6 Å². The lowest BCUT2D eigenvalue weighted by atomic mass is 10.0. The van der Waals surface area contributed by atoms with E-state index in [1.807, 2.05) is 0 Å². The molecule has 3 amide bonds. The van der Waals surface area contributed by atoms with Crippen LogP contribution in [0.1, 0.15) is 41.4 Å². The lowest BCUT2D eigenvalue weighted by molar-refractivity contribution is -0.165. The number of nitrogens with zero attached hydrogens (tertiary/aromatic N) is 4. The van der Waals surface area contributed by atoms with E-state index in [2.05, 4.69) is 10.4 Å². The molecule has 0 atom stereocenters. The molecule has 0 spiro atoms. The normalized spacial score (nSPS) is 15.9. The Morgan fingerprint density at radius 2 is 1.78 bits per heavy atom. The van der Waals surface area contributed by atoms with Crippen molar-refractivity contribution in [3.05, 3.63) is 64.1 Å². The third-order valence-electron chi connectivity index (χ3n) is 7.15. The Morgan fingerprint density at radius 1 is 1.10 bits per heavy atom. The summed E-state index contributed by atoms with van der Waals surface area (Å²) in [6.45, 7) is -0.592. The Hall–Kier alpha value is -3.93. The predicted molar refractivity (Wildman–Crippen MR) is 143 cm³/mol. The minimum Gasteiger partial charge on any atom is -0.350 e. The van der Waals surface area contributed by atoms with Crippen molar-refractivity contribution in [2.24, 2.45) is 0 Å². The number of hydrogen-bond acceptors (Lipinski definition) is 5. The zero-order valence-electron chi connectivity index (χ0n) is 22.1. The monoisotopic (exact) mass is 589 g/mol. The van der Waals surface area contributed by atoms with E-state index in [0.29, 0.717) is 16.5 Å². The van der Waals surface area contributed by atoms with Crippen molar-refractivity contribution < 1.29 is 32.3 Å². The molecule has 1 aliphatic heterocycles. The van der Waals surface area contributed by atoms with Gasteiger partial charge in [0.2, 0.25) is 17.7 Å². The Labute approximate surface area is 238 Å². The molecule has 0 radical (unpaired) electrons. The molecule has 5 rings (SSSR count). The van der Waals surface area contributed by atoms with Crippen LogP contribution >= 0.6 is 11.6 Å². The maximum atomic E-state index is 14.2. The molecule has 1 aliphatic carbocycles. The smallest absolute Gasteiger partial charge is 0.282 e. The average Bonchev–Trinajstić information content (AvgIpc) is 3.67. The number of carbonyl (C=O) groups is 4. The van der Waals surface area contributed by atoms with Gasteiger partial charge in [-0.3, -0.25) is 23.9 Å². The topological polar surface area (TPSA) is 105 Å². The molecule has 13 heteroatoms. The van der Waals surface area contributed by atoms with Gasteiger partial charge in [0, 0.05) is 30.5 Å². The van der Waals surface area contributed by atoms with Gasteiger partial charge >= 0.3 is 0 Å². The number of fused-ring (bicyclic) bond motifs is 1. The van der Waals surface area contributed by atoms with E-state index >= 15 is 0 Å². The van der Waals surface area contributed by atoms with Gasteiger partial charge in [-0.05, 0) is 30.5 Å². The van der Waals surface area contributed by atoms with Crippen LogP contribution in [-0.4, -0.2) is 74.7 Å². The number of alkyl halides is 2. The van der Waals surface area contributed by atoms with Crippen LogP contribution in [0.4, 0.5) is 13.2 Å². The van der Waals surface area contributed by atoms with Gasteiger partial charge < -0.3 is 15.1 Å². The van der Waals surface area contributed by atoms with Crippen LogP contribution < -0.4 is 5.32 Å². The van der Waals surface area contributed by atoms with Gasteiger partial charge in [-0.1, -0.05) is 35.9 Å². The molecular formula is C28H27ClF3N5O4. The molecular weight excluding hydrogens is 563 g/mol. The van der Waals surface area contributed by atoms with Gasteiger partial charge in [-0.25, -0.2) is 13.2 Å². The van der Waals surface area contributed by atoms with Crippen LogP contribution in [0, 0.1) is 5.82 Å². The fourth-order valence-electron chi connectivity index (χ4n) is 4.89. The summed E-state index contributed by atoms with van der Waals surface area (Å²) in [7, 11) is 0. The highest BCUT2D eigenvalue weighted by Gasteiger charge is 2.46. The number of amides is 3. The van der Waals surface area contributed by atoms with Crippen molar-refractivity contribution >= 4 is 46.0 Å². The number of halogens is 4. The van der Waals surface area contributed by atoms with Crippen LogP contribution in [0.3, 0.4) is 0 Å². The van der Waals surface area contributed by atoms with Crippen molar-refractivity contribution in [3.8, 4) is 0 Å². The van der Waals surface area contributed by atoms with E-state index in [1.54, 1.807) is 24.3 Å². The summed E-state index contributed by atoms with van der Waals surface area (Å²) in [6.07, 6.45) is 1.25. The number of hydrogen-bond donors (Lipinski definition) is 1. The van der Waals surface area contributed by atoms with Crippen LogP contribution in [0.25, 0.3) is 10.9 Å². The zero-order chi connectivity index (χ0) is 29.5. The fourth-order valence-corrected chi connectivity index (χ4v) is 5.09. The average molecular weight is 590 g/mol. The second kappa shape index (κ2) is 11.2. The first-order valence-corrected chi connectivity index (χ1v) is 13.5. The maximum Gasteiger partial charge on any atom is 0.282 e. The molecule has 3 aromatic rings. The van der Waals surface area contributed by atoms with Crippen molar-refractivity contribution in [2.45, 2.75) is 51.2 Å². The number of rotatable bonds is 10. The number of carbonyl (C=O) groups excluding carboxylic acids is 4. The molecule has 2 fully saturated rings. The molecule has 0 unspecified atom stereocenters. The number of Topliss-reactive ketones (excluding diaryl/α,β-unsaturated/α-hetero) is 1. The van der Waals surface area contributed by atoms with E-state index in [-0.39, 0.29) is 54.2 Å². The Morgan fingerprint density at radius 3 is 2.44 bits per heavy atom. The quantitative estimate of drug-likeness (QED) is 0.365. The van der Waals surface area contributed by atoms with Crippen molar-refractivity contribution in [1.29, 1.82) is 0 Å². The molecule has 1 saturated carbocycles. The first-order valence-electron chi connectivity index (χ1n) is 13.1. The summed E-state index contributed by atoms with van der Waals surface area (Å²) in [5.41, 5.74) is 1.15. The summed E-state index contributed by atoms with van der Waals surface area (Å²) in [5.74, 6) is -5.28. The predicted octanol–water partition coefficient (Wildman–Crippen LogP) is 3.36. The lowest BCUT2D eigenvalue weighted by Gasteiger charge is -2.38. The Kier molecular flexibility index (Phi) is 7.78. The molecule has 2 heterocycles. The zero-order valence-corrected chi connectivity index (χ0v) is 22.9. The summed E-state index contributed by atoms with van der Waals surface area (Å²) in [6, 6.07) is 9.27. The van der Waals surface area contributed by atoms with Gasteiger partial charge in [0.25, 0.3) is 5.92 Å². The molecule has 2 aromatic carbocycles. The van der Waals surface area contributed by atoms with E-state index in [4.69, 9.17) is 11.6 Å². The van der Waals surface area contributed by atoms with Gasteiger partial charge in [-0.2, -0.15) is 5.10 Å². The summed E-state index contributed by atoms with van der Waals surface area (Å²) >= 11 is 5.80. The summed E-state index contributed by atoms with van der Waals surface area (Å²) in [5, 5.41) is 7.29. The second-order valence-electron chi connectivity index (χ2n) is 10.4. The highest BCUT2D eigenvalue weighted by molar-refractivity contribution is 6.30. The largest absolute Gasteiger partial charge is 0.350 e. The molecule has 9 nitrogen and oxygen atoms in total. The molecule has 2 aliphatic rings. The number of nitrogens with one attached hydrogen (secondary N) is 1.